The molecule has 0 fully saturated rings. The van der Waals surface area contributed by atoms with Crippen molar-refractivity contribution in [2.75, 3.05) is 7.05 Å². The van der Waals surface area contributed by atoms with E-state index < -0.39 is 0 Å². The fourth-order valence-electron chi connectivity index (χ4n) is 2.38. The highest BCUT2D eigenvalue weighted by Crippen LogP contribution is 2.30. The van der Waals surface area contributed by atoms with Crippen LogP contribution in [0, 0.1) is 0 Å². The highest BCUT2D eigenvalue weighted by atomic mass is 79.9. The van der Waals surface area contributed by atoms with E-state index in [1.807, 2.05) is 25.2 Å². The Morgan fingerprint density at radius 2 is 1.71 bits per heavy atom. The smallest absolute Gasteiger partial charge is 0.124 e. The minimum atomic E-state index is 0.173. The molecule has 1 atom stereocenters. The number of nitrogens with one attached hydrogen (secondary N) is 1. The Bertz CT molecular complexity index is 583. The second-order valence-electron chi connectivity index (χ2n) is 5.34. The van der Waals surface area contributed by atoms with Gasteiger partial charge in [-0.3, -0.25) is 0 Å². The van der Waals surface area contributed by atoms with Gasteiger partial charge in [-0.05, 0) is 45.0 Å². The van der Waals surface area contributed by atoms with Gasteiger partial charge < -0.3 is 10.1 Å². The average molecular weight is 348 g/mol. The normalized spacial score (nSPS) is 12.4. The van der Waals surface area contributed by atoms with E-state index in [-0.39, 0.29) is 12.1 Å². The molecule has 0 spiro atoms. The van der Waals surface area contributed by atoms with E-state index in [0.717, 1.165) is 16.6 Å². The molecule has 0 aliphatic rings. The summed E-state index contributed by atoms with van der Waals surface area (Å²) in [7, 11) is 1.99. The molecule has 0 bridgehead atoms. The lowest BCUT2D eigenvalue weighted by atomic mass is 9.98. The van der Waals surface area contributed by atoms with Crippen LogP contribution in [0.2, 0.25) is 0 Å². The molecule has 1 unspecified atom stereocenters. The lowest BCUT2D eigenvalue weighted by molar-refractivity contribution is 0.238. The lowest BCUT2D eigenvalue weighted by Gasteiger charge is -2.22. The second kappa shape index (κ2) is 7.62. The standard InChI is InChI=1S/C18H22BrNO/c1-13(2)21-18-11-7-5-9-15(18)17(20-3)12-14-8-4-6-10-16(14)19/h4-11,13,17,20H,12H2,1-3H3. The Morgan fingerprint density at radius 1 is 1.05 bits per heavy atom. The van der Waals surface area contributed by atoms with Gasteiger partial charge in [0.2, 0.25) is 0 Å². The number of ether oxygens (including phenoxy) is 1. The minimum absolute atomic E-state index is 0.173. The van der Waals surface area contributed by atoms with Crippen LogP contribution < -0.4 is 10.1 Å². The molecule has 21 heavy (non-hydrogen) atoms. The third-order valence-corrected chi connectivity index (χ3v) is 4.16. The third kappa shape index (κ3) is 4.32. The number of likely N-dealkylation sites (N-methyl/N-ethyl adjacent to an activating group) is 1. The molecular formula is C18H22BrNO. The molecule has 0 heterocycles. The van der Waals surface area contributed by atoms with Gasteiger partial charge in [-0.15, -0.1) is 0 Å². The van der Waals surface area contributed by atoms with Crippen molar-refractivity contribution < 1.29 is 4.74 Å². The lowest BCUT2D eigenvalue weighted by Crippen LogP contribution is -2.20. The van der Waals surface area contributed by atoms with Crippen molar-refractivity contribution in [1.82, 2.24) is 5.32 Å². The topological polar surface area (TPSA) is 21.3 Å². The van der Waals surface area contributed by atoms with Gasteiger partial charge in [-0.2, -0.15) is 0 Å². The van der Waals surface area contributed by atoms with Crippen molar-refractivity contribution >= 4 is 15.9 Å². The summed E-state index contributed by atoms with van der Waals surface area (Å²) < 4.78 is 7.09. The van der Waals surface area contributed by atoms with Gasteiger partial charge in [0.15, 0.2) is 0 Å². The zero-order valence-electron chi connectivity index (χ0n) is 12.8. The monoisotopic (exact) mass is 347 g/mol. The van der Waals surface area contributed by atoms with Crippen LogP contribution in [0.4, 0.5) is 0 Å². The van der Waals surface area contributed by atoms with Crippen molar-refractivity contribution in [1.29, 1.82) is 0 Å². The Balaban J connectivity index is 2.27. The maximum atomic E-state index is 5.94. The first kappa shape index (κ1) is 16.1. The van der Waals surface area contributed by atoms with Crippen molar-refractivity contribution in [3.05, 3.63) is 64.1 Å². The molecule has 1 N–H and O–H groups in total. The third-order valence-electron chi connectivity index (χ3n) is 3.39. The highest BCUT2D eigenvalue weighted by Gasteiger charge is 2.16. The van der Waals surface area contributed by atoms with Crippen LogP contribution in [-0.2, 0) is 6.42 Å². The largest absolute Gasteiger partial charge is 0.491 e. The quantitative estimate of drug-likeness (QED) is 0.814. The Kier molecular flexibility index (Phi) is 5.83. The summed E-state index contributed by atoms with van der Waals surface area (Å²) in [5, 5.41) is 3.41. The minimum Gasteiger partial charge on any atom is -0.491 e. The van der Waals surface area contributed by atoms with Gasteiger partial charge >= 0.3 is 0 Å². The number of hydrogen-bond donors (Lipinski definition) is 1. The van der Waals surface area contributed by atoms with Crippen molar-refractivity contribution in [2.24, 2.45) is 0 Å². The van der Waals surface area contributed by atoms with Crippen LogP contribution in [0.15, 0.2) is 53.0 Å². The van der Waals surface area contributed by atoms with Crippen LogP contribution in [0.5, 0.6) is 5.75 Å². The van der Waals surface area contributed by atoms with E-state index in [2.05, 4.69) is 65.4 Å². The van der Waals surface area contributed by atoms with Crippen LogP contribution in [0.1, 0.15) is 31.0 Å². The molecule has 0 radical (unpaired) electrons. The van der Waals surface area contributed by atoms with Gasteiger partial charge in [0.25, 0.3) is 0 Å². The Hall–Kier alpha value is -1.32. The van der Waals surface area contributed by atoms with Crippen molar-refractivity contribution in [3.63, 3.8) is 0 Å². The Labute approximate surface area is 135 Å². The van der Waals surface area contributed by atoms with Crippen LogP contribution in [0.25, 0.3) is 0 Å². The molecule has 0 saturated heterocycles. The van der Waals surface area contributed by atoms with E-state index >= 15 is 0 Å². The van der Waals surface area contributed by atoms with Gasteiger partial charge in [0.1, 0.15) is 5.75 Å². The first-order valence-electron chi connectivity index (χ1n) is 7.28. The van der Waals surface area contributed by atoms with E-state index in [1.54, 1.807) is 0 Å². The summed E-state index contributed by atoms with van der Waals surface area (Å²) >= 11 is 3.63. The predicted octanol–water partition coefficient (Wildman–Crippen LogP) is 4.74. The molecule has 2 aromatic carbocycles. The van der Waals surface area contributed by atoms with Gasteiger partial charge in [0.05, 0.1) is 6.10 Å². The first-order valence-corrected chi connectivity index (χ1v) is 8.07. The zero-order valence-corrected chi connectivity index (χ0v) is 14.4. The van der Waals surface area contributed by atoms with E-state index in [9.17, 15) is 0 Å². The summed E-state index contributed by atoms with van der Waals surface area (Å²) in [4.78, 5) is 0. The fourth-order valence-corrected chi connectivity index (χ4v) is 2.83. The van der Waals surface area contributed by atoms with Crippen LogP contribution in [-0.4, -0.2) is 13.2 Å². The average Bonchev–Trinajstić information content (AvgIpc) is 2.47. The molecule has 112 valence electrons. The number of benzene rings is 2. The van der Waals surface area contributed by atoms with Gasteiger partial charge in [-0.1, -0.05) is 52.3 Å². The number of rotatable bonds is 6. The predicted molar refractivity (Wildman–Crippen MR) is 91.9 cm³/mol. The molecule has 0 aliphatic carbocycles. The van der Waals surface area contributed by atoms with Crippen LogP contribution >= 0.6 is 15.9 Å². The summed E-state index contributed by atoms with van der Waals surface area (Å²) in [6, 6.07) is 16.8. The molecule has 2 nitrogen and oxygen atoms in total. The van der Waals surface area contributed by atoms with E-state index in [1.165, 1.54) is 11.1 Å². The number of halogens is 1. The molecule has 0 saturated carbocycles. The maximum Gasteiger partial charge on any atom is 0.124 e. The molecule has 0 aliphatic heterocycles. The molecule has 2 rings (SSSR count). The van der Waals surface area contributed by atoms with Crippen molar-refractivity contribution in [3.8, 4) is 5.75 Å². The van der Waals surface area contributed by atoms with E-state index in [4.69, 9.17) is 4.74 Å². The number of para-hydroxylation sites is 1. The molecule has 2 aromatic rings. The molecule has 0 amide bonds. The SMILES string of the molecule is CNC(Cc1ccccc1Br)c1ccccc1OC(C)C. The van der Waals surface area contributed by atoms with Gasteiger partial charge in [-0.25, -0.2) is 0 Å². The molecule has 3 heteroatoms. The summed E-state index contributed by atoms with van der Waals surface area (Å²) in [5.41, 5.74) is 2.49. The Morgan fingerprint density at radius 3 is 2.38 bits per heavy atom. The molecular weight excluding hydrogens is 326 g/mol. The highest BCUT2D eigenvalue weighted by molar-refractivity contribution is 9.10. The molecule has 0 aromatic heterocycles. The fraction of sp³-hybridized carbons (Fsp3) is 0.333. The zero-order chi connectivity index (χ0) is 15.2. The van der Waals surface area contributed by atoms with Crippen LogP contribution in [0.3, 0.4) is 0 Å². The summed E-state index contributed by atoms with van der Waals surface area (Å²) in [6.45, 7) is 4.11. The van der Waals surface area contributed by atoms with Gasteiger partial charge in [0, 0.05) is 16.1 Å². The first-order chi connectivity index (χ1) is 10.1. The summed E-state index contributed by atoms with van der Waals surface area (Å²) in [6.07, 6.45) is 1.09. The van der Waals surface area contributed by atoms with E-state index in [0.29, 0.717) is 0 Å². The van der Waals surface area contributed by atoms with Crippen molar-refractivity contribution in [2.45, 2.75) is 32.4 Å². The summed E-state index contributed by atoms with van der Waals surface area (Å²) in [5.74, 6) is 0.957. The number of hydrogen-bond acceptors (Lipinski definition) is 2. The maximum absolute atomic E-state index is 5.94. The second-order valence-corrected chi connectivity index (χ2v) is 6.20.